The zero-order valence-corrected chi connectivity index (χ0v) is 17.7. The van der Waals surface area contributed by atoms with E-state index in [9.17, 15) is 26.4 Å². The van der Waals surface area contributed by atoms with Crippen LogP contribution < -0.4 is 4.18 Å². The van der Waals surface area contributed by atoms with E-state index in [1.165, 1.54) is 37.4 Å². The van der Waals surface area contributed by atoms with E-state index in [-0.39, 0.29) is 29.0 Å². The van der Waals surface area contributed by atoms with Crippen LogP contribution >= 0.6 is 0 Å². The molecule has 166 valence electrons. The summed E-state index contributed by atoms with van der Waals surface area (Å²) in [5, 5.41) is 0. The van der Waals surface area contributed by atoms with Gasteiger partial charge in [0.1, 0.15) is 5.75 Å². The van der Waals surface area contributed by atoms with Crippen molar-refractivity contribution in [3.05, 3.63) is 70.8 Å². The second-order valence-electron chi connectivity index (χ2n) is 7.24. The Labute approximate surface area is 181 Å². The molecule has 0 spiro atoms. The molecule has 0 bridgehead atoms. The van der Waals surface area contributed by atoms with Gasteiger partial charge in [0.25, 0.3) is 0 Å². The molecule has 2 aromatic carbocycles. The summed E-state index contributed by atoms with van der Waals surface area (Å²) in [5.74, 6) is -0.547. The van der Waals surface area contributed by atoms with Gasteiger partial charge >= 0.3 is 22.3 Å². The third-order valence-electron chi connectivity index (χ3n) is 4.96. The number of carbonyl (C=O) groups is 1. The van der Waals surface area contributed by atoms with Gasteiger partial charge < -0.3 is 8.92 Å². The Balaban J connectivity index is 1.87. The van der Waals surface area contributed by atoms with Crippen molar-refractivity contribution >= 4 is 16.1 Å². The first-order chi connectivity index (χ1) is 15.0. The highest BCUT2D eigenvalue weighted by molar-refractivity contribution is 7.86. The SMILES string of the molecule is COC(=O)c1cc(-c2cccc(C(F)(F)F)c2)nc2c1Cc1cc(OS(C)(=O)=O)ccc1-2. The van der Waals surface area contributed by atoms with Crippen LogP contribution in [0.15, 0.2) is 48.5 Å². The van der Waals surface area contributed by atoms with Gasteiger partial charge in [-0.2, -0.15) is 21.6 Å². The maximum atomic E-state index is 13.2. The topological polar surface area (TPSA) is 82.6 Å². The van der Waals surface area contributed by atoms with Gasteiger partial charge in [-0.25, -0.2) is 9.78 Å². The van der Waals surface area contributed by atoms with Crippen molar-refractivity contribution in [1.82, 2.24) is 4.98 Å². The summed E-state index contributed by atoms with van der Waals surface area (Å²) in [7, 11) is -2.52. The van der Waals surface area contributed by atoms with Crippen molar-refractivity contribution in [3.63, 3.8) is 0 Å². The number of nitrogens with zero attached hydrogens (tertiary/aromatic N) is 1. The van der Waals surface area contributed by atoms with Crippen molar-refractivity contribution in [2.75, 3.05) is 13.4 Å². The van der Waals surface area contributed by atoms with Crippen molar-refractivity contribution < 1.29 is 35.3 Å². The largest absolute Gasteiger partial charge is 0.465 e. The molecule has 4 rings (SSSR count). The first kappa shape index (κ1) is 21.8. The summed E-state index contributed by atoms with van der Waals surface area (Å²) >= 11 is 0. The smallest absolute Gasteiger partial charge is 0.416 e. The summed E-state index contributed by atoms with van der Waals surface area (Å²) in [6.07, 6.45) is -3.35. The zero-order chi connectivity index (χ0) is 23.3. The quantitative estimate of drug-likeness (QED) is 0.328. The third kappa shape index (κ3) is 4.18. The van der Waals surface area contributed by atoms with Crippen molar-refractivity contribution in [2.24, 2.45) is 0 Å². The molecule has 1 aliphatic carbocycles. The van der Waals surface area contributed by atoms with Gasteiger partial charge in [-0.3, -0.25) is 0 Å². The fraction of sp³-hybridized carbons (Fsp3) is 0.182. The summed E-state index contributed by atoms with van der Waals surface area (Å²) in [5.41, 5.74) is 1.96. The Bertz CT molecular complexity index is 1350. The van der Waals surface area contributed by atoms with E-state index in [0.717, 1.165) is 18.4 Å². The number of benzene rings is 2. The lowest BCUT2D eigenvalue weighted by molar-refractivity contribution is -0.137. The number of fused-ring (bicyclic) bond motifs is 3. The highest BCUT2D eigenvalue weighted by Crippen LogP contribution is 2.41. The van der Waals surface area contributed by atoms with Crippen LogP contribution in [0.3, 0.4) is 0 Å². The Hall–Kier alpha value is -3.40. The zero-order valence-electron chi connectivity index (χ0n) is 16.9. The molecule has 1 aliphatic rings. The van der Waals surface area contributed by atoms with E-state index in [1.54, 1.807) is 6.07 Å². The lowest BCUT2D eigenvalue weighted by atomic mass is 10.0. The van der Waals surface area contributed by atoms with Crippen LogP contribution in [0.2, 0.25) is 0 Å². The number of pyridine rings is 1. The highest BCUT2D eigenvalue weighted by atomic mass is 32.2. The van der Waals surface area contributed by atoms with Crippen molar-refractivity contribution in [2.45, 2.75) is 12.6 Å². The molecule has 0 radical (unpaired) electrons. The molecule has 0 unspecified atom stereocenters. The normalized spacial score (nSPS) is 12.8. The second-order valence-corrected chi connectivity index (χ2v) is 8.81. The molecule has 0 saturated carbocycles. The molecule has 0 aliphatic heterocycles. The average Bonchev–Trinajstić information content (AvgIpc) is 3.08. The van der Waals surface area contributed by atoms with E-state index < -0.39 is 27.8 Å². The van der Waals surface area contributed by atoms with Gasteiger partial charge in [0.15, 0.2) is 0 Å². The van der Waals surface area contributed by atoms with Crippen LogP contribution in [-0.4, -0.2) is 32.7 Å². The highest BCUT2D eigenvalue weighted by Gasteiger charge is 2.31. The molecule has 32 heavy (non-hydrogen) atoms. The molecule has 0 saturated heterocycles. The summed E-state index contributed by atoms with van der Waals surface area (Å²) in [6, 6.07) is 10.7. The van der Waals surface area contributed by atoms with E-state index in [2.05, 4.69) is 4.98 Å². The number of ether oxygens (including phenoxy) is 1. The predicted octanol–water partition coefficient (Wildman–Crippen LogP) is 4.46. The Morgan fingerprint density at radius 1 is 1.09 bits per heavy atom. The summed E-state index contributed by atoms with van der Waals surface area (Å²) in [6.45, 7) is 0. The number of aromatic nitrogens is 1. The number of alkyl halides is 3. The van der Waals surface area contributed by atoms with Crippen LogP contribution in [0.25, 0.3) is 22.5 Å². The molecule has 10 heteroatoms. The lowest BCUT2D eigenvalue weighted by Gasteiger charge is -2.12. The first-order valence-electron chi connectivity index (χ1n) is 9.29. The Kier molecular flexibility index (Phi) is 5.20. The fourth-order valence-corrected chi connectivity index (χ4v) is 4.09. The second kappa shape index (κ2) is 7.63. The summed E-state index contributed by atoms with van der Waals surface area (Å²) < 4.78 is 72.1. The van der Waals surface area contributed by atoms with E-state index in [0.29, 0.717) is 22.4 Å². The van der Waals surface area contributed by atoms with Crippen LogP contribution in [0, 0.1) is 0 Å². The lowest BCUT2D eigenvalue weighted by Crippen LogP contribution is -2.08. The monoisotopic (exact) mass is 463 g/mol. The Morgan fingerprint density at radius 2 is 1.84 bits per heavy atom. The maximum Gasteiger partial charge on any atom is 0.416 e. The van der Waals surface area contributed by atoms with Gasteiger partial charge in [0, 0.05) is 17.5 Å². The molecule has 0 amide bonds. The number of esters is 1. The van der Waals surface area contributed by atoms with E-state index in [4.69, 9.17) is 8.92 Å². The minimum Gasteiger partial charge on any atom is -0.465 e. The number of hydrogen-bond acceptors (Lipinski definition) is 6. The number of rotatable bonds is 4. The molecule has 0 N–H and O–H groups in total. The minimum absolute atomic E-state index is 0.108. The van der Waals surface area contributed by atoms with Crippen molar-refractivity contribution in [1.29, 1.82) is 0 Å². The van der Waals surface area contributed by atoms with E-state index >= 15 is 0 Å². The number of carbonyl (C=O) groups excluding carboxylic acids is 1. The van der Waals surface area contributed by atoms with Gasteiger partial charge in [-0.1, -0.05) is 12.1 Å². The van der Waals surface area contributed by atoms with Gasteiger partial charge in [-0.05, 0) is 47.5 Å². The number of halogens is 3. The minimum atomic E-state index is -4.53. The van der Waals surface area contributed by atoms with Gasteiger partial charge in [0.2, 0.25) is 0 Å². The standard InChI is InChI=1S/C22H16F3NO5S/c1-30-21(27)18-11-19(12-4-3-5-14(8-12)22(23,24)25)26-20-16-7-6-15(31-32(2,28)29)9-13(16)10-17(18)20/h3-9,11H,10H2,1-2H3. The predicted molar refractivity (Wildman–Crippen MR) is 110 cm³/mol. The molecule has 6 nitrogen and oxygen atoms in total. The first-order valence-corrected chi connectivity index (χ1v) is 11.1. The average molecular weight is 463 g/mol. The molecule has 3 aromatic rings. The number of methoxy groups -OCH3 is 1. The molecular weight excluding hydrogens is 447 g/mol. The summed E-state index contributed by atoms with van der Waals surface area (Å²) in [4.78, 5) is 17.0. The van der Waals surface area contributed by atoms with E-state index in [1.807, 2.05) is 0 Å². The van der Waals surface area contributed by atoms with Gasteiger partial charge in [-0.15, -0.1) is 0 Å². The van der Waals surface area contributed by atoms with Gasteiger partial charge in [0.05, 0.1) is 35.9 Å². The van der Waals surface area contributed by atoms with Crippen LogP contribution in [-0.2, 0) is 27.5 Å². The third-order valence-corrected chi connectivity index (χ3v) is 5.46. The fourth-order valence-electron chi connectivity index (χ4n) is 3.63. The molecule has 1 heterocycles. The maximum absolute atomic E-state index is 13.2. The molecule has 0 fully saturated rings. The molecular formula is C22H16F3NO5S. The Morgan fingerprint density at radius 3 is 2.50 bits per heavy atom. The molecule has 0 atom stereocenters. The van der Waals surface area contributed by atoms with Crippen molar-refractivity contribution in [3.8, 4) is 28.3 Å². The van der Waals surface area contributed by atoms with Crippen LogP contribution in [0.1, 0.15) is 27.0 Å². The van der Waals surface area contributed by atoms with Crippen LogP contribution in [0.4, 0.5) is 13.2 Å². The number of hydrogen-bond donors (Lipinski definition) is 0. The van der Waals surface area contributed by atoms with Crippen LogP contribution in [0.5, 0.6) is 5.75 Å². The molecule has 1 aromatic heterocycles.